The second-order valence-corrected chi connectivity index (χ2v) is 6.13. The van der Waals surface area contributed by atoms with Crippen molar-refractivity contribution >= 4 is 35.7 Å². The standard InChI is InChI=1S/C20H26N4O2.ClH/c1-15-6-3-8-17(12-15)23-20(26)24-18-9-4-7-16(13-18)14-22-19(25)10-5-11-21-2;/h3-4,6-9,12-13,21H,5,10-11,14H2,1-2H3,(H,22,25)(H2,23,24,26);1H. The number of anilines is 2. The highest BCUT2D eigenvalue weighted by molar-refractivity contribution is 5.99. The van der Waals surface area contributed by atoms with Crippen molar-refractivity contribution in [2.45, 2.75) is 26.3 Å². The summed E-state index contributed by atoms with van der Waals surface area (Å²) in [5.41, 5.74) is 3.43. The number of benzene rings is 2. The molecule has 0 aromatic heterocycles. The number of carbonyl (C=O) groups is 2. The van der Waals surface area contributed by atoms with Gasteiger partial charge in [-0.05, 0) is 62.3 Å². The lowest BCUT2D eigenvalue weighted by Gasteiger charge is -2.10. The molecule has 0 radical (unpaired) electrons. The van der Waals surface area contributed by atoms with Crippen molar-refractivity contribution in [3.63, 3.8) is 0 Å². The van der Waals surface area contributed by atoms with Crippen LogP contribution in [0.4, 0.5) is 16.2 Å². The quantitative estimate of drug-likeness (QED) is 0.519. The molecule has 0 spiro atoms. The largest absolute Gasteiger partial charge is 0.352 e. The molecular weight excluding hydrogens is 364 g/mol. The predicted octanol–water partition coefficient (Wildman–Crippen LogP) is 3.68. The van der Waals surface area contributed by atoms with Crippen molar-refractivity contribution < 1.29 is 9.59 Å². The van der Waals surface area contributed by atoms with Gasteiger partial charge in [-0.2, -0.15) is 0 Å². The SMILES string of the molecule is CNCCCC(=O)NCc1cccc(NC(=O)Nc2cccc(C)c2)c1.Cl. The first-order chi connectivity index (χ1) is 12.6. The molecule has 2 aromatic rings. The number of hydrogen-bond acceptors (Lipinski definition) is 3. The van der Waals surface area contributed by atoms with Gasteiger partial charge in [-0.3, -0.25) is 4.79 Å². The summed E-state index contributed by atoms with van der Waals surface area (Å²) in [6.07, 6.45) is 1.31. The van der Waals surface area contributed by atoms with E-state index in [0.29, 0.717) is 18.7 Å². The molecule has 3 amide bonds. The lowest BCUT2D eigenvalue weighted by molar-refractivity contribution is -0.121. The minimum Gasteiger partial charge on any atom is -0.352 e. The van der Waals surface area contributed by atoms with E-state index in [1.54, 1.807) is 0 Å². The summed E-state index contributed by atoms with van der Waals surface area (Å²) in [5, 5.41) is 11.5. The summed E-state index contributed by atoms with van der Waals surface area (Å²) in [6, 6.07) is 14.7. The molecule has 27 heavy (non-hydrogen) atoms. The highest BCUT2D eigenvalue weighted by atomic mass is 35.5. The Morgan fingerprint density at radius 2 is 1.63 bits per heavy atom. The van der Waals surface area contributed by atoms with Crippen LogP contribution in [0.2, 0.25) is 0 Å². The zero-order valence-corrected chi connectivity index (χ0v) is 16.5. The lowest BCUT2D eigenvalue weighted by Crippen LogP contribution is -2.24. The van der Waals surface area contributed by atoms with E-state index in [9.17, 15) is 9.59 Å². The number of carbonyl (C=O) groups excluding carboxylic acids is 2. The van der Waals surface area contributed by atoms with Crippen molar-refractivity contribution in [3.8, 4) is 0 Å². The number of hydrogen-bond donors (Lipinski definition) is 4. The normalized spacial score (nSPS) is 9.85. The van der Waals surface area contributed by atoms with Crippen molar-refractivity contribution in [2.75, 3.05) is 24.2 Å². The molecule has 0 atom stereocenters. The second-order valence-electron chi connectivity index (χ2n) is 6.13. The second kappa shape index (κ2) is 11.9. The first-order valence-corrected chi connectivity index (χ1v) is 8.72. The summed E-state index contributed by atoms with van der Waals surface area (Å²) in [6.45, 7) is 3.23. The van der Waals surface area contributed by atoms with E-state index in [1.165, 1.54) is 0 Å². The van der Waals surface area contributed by atoms with Gasteiger partial charge in [-0.25, -0.2) is 4.79 Å². The average Bonchev–Trinajstić information content (AvgIpc) is 2.60. The number of rotatable bonds is 8. The number of amides is 3. The molecule has 0 heterocycles. The van der Waals surface area contributed by atoms with Crippen LogP contribution in [0.5, 0.6) is 0 Å². The monoisotopic (exact) mass is 390 g/mol. The molecule has 0 saturated heterocycles. The summed E-state index contributed by atoms with van der Waals surface area (Å²) < 4.78 is 0. The van der Waals surface area contributed by atoms with E-state index >= 15 is 0 Å². The van der Waals surface area contributed by atoms with Gasteiger partial charge in [0.2, 0.25) is 5.91 Å². The van der Waals surface area contributed by atoms with Gasteiger partial charge in [0.05, 0.1) is 0 Å². The number of aryl methyl sites for hydroxylation is 1. The Morgan fingerprint density at radius 3 is 2.30 bits per heavy atom. The zero-order valence-electron chi connectivity index (χ0n) is 15.7. The van der Waals surface area contributed by atoms with Gasteiger partial charge in [0, 0.05) is 24.3 Å². The third kappa shape index (κ3) is 8.57. The molecule has 0 saturated carbocycles. The maximum Gasteiger partial charge on any atom is 0.323 e. The van der Waals surface area contributed by atoms with Gasteiger partial charge in [-0.1, -0.05) is 24.3 Å². The van der Waals surface area contributed by atoms with Gasteiger partial charge >= 0.3 is 6.03 Å². The summed E-state index contributed by atoms with van der Waals surface area (Å²) in [5.74, 6) is 0.0239. The van der Waals surface area contributed by atoms with Gasteiger partial charge in [0.25, 0.3) is 0 Å². The molecule has 0 aliphatic rings. The Balaban J connectivity index is 0.00000364. The molecule has 0 unspecified atom stereocenters. The van der Waals surface area contributed by atoms with Crippen molar-refractivity contribution in [1.82, 2.24) is 10.6 Å². The third-order valence-electron chi connectivity index (χ3n) is 3.78. The fourth-order valence-electron chi connectivity index (χ4n) is 2.49. The van der Waals surface area contributed by atoms with E-state index in [0.717, 1.165) is 29.8 Å². The number of halogens is 1. The zero-order chi connectivity index (χ0) is 18.8. The molecule has 0 aliphatic heterocycles. The molecule has 7 heteroatoms. The van der Waals surface area contributed by atoms with Gasteiger partial charge in [-0.15, -0.1) is 12.4 Å². The summed E-state index contributed by atoms with van der Waals surface area (Å²) in [7, 11) is 1.87. The van der Waals surface area contributed by atoms with Crippen LogP contribution in [0.15, 0.2) is 48.5 Å². The fourth-order valence-corrected chi connectivity index (χ4v) is 2.49. The van der Waals surface area contributed by atoms with Crippen molar-refractivity contribution in [3.05, 3.63) is 59.7 Å². The van der Waals surface area contributed by atoms with Crippen LogP contribution in [-0.2, 0) is 11.3 Å². The van der Waals surface area contributed by atoms with E-state index in [4.69, 9.17) is 0 Å². The van der Waals surface area contributed by atoms with Crippen molar-refractivity contribution in [1.29, 1.82) is 0 Å². The Bertz CT molecular complexity index is 752. The average molecular weight is 391 g/mol. The van der Waals surface area contributed by atoms with Crippen LogP contribution in [-0.4, -0.2) is 25.5 Å². The van der Waals surface area contributed by atoms with E-state index < -0.39 is 0 Å². The fraction of sp³-hybridized carbons (Fsp3) is 0.300. The maximum absolute atomic E-state index is 12.1. The lowest BCUT2D eigenvalue weighted by atomic mass is 10.2. The predicted molar refractivity (Wildman–Crippen MR) is 113 cm³/mol. The van der Waals surface area contributed by atoms with E-state index in [2.05, 4.69) is 21.3 Å². The number of urea groups is 1. The molecule has 4 N–H and O–H groups in total. The highest BCUT2D eigenvalue weighted by Crippen LogP contribution is 2.13. The molecule has 0 bridgehead atoms. The molecule has 146 valence electrons. The van der Waals surface area contributed by atoms with Crippen LogP contribution in [0, 0.1) is 6.92 Å². The Hall–Kier alpha value is -2.57. The molecule has 6 nitrogen and oxygen atoms in total. The summed E-state index contributed by atoms with van der Waals surface area (Å²) >= 11 is 0. The molecule has 0 fully saturated rings. The Labute approximate surface area is 166 Å². The van der Waals surface area contributed by atoms with Crippen LogP contribution in [0.1, 0.15) is 24.0 Å². The highest BCUT2D eigenvalue weighted by Gasteiger charge is 2.05. The third-order valence-corrected chi connectivity index (χ3v) is 3.78. The Kier molecular flexibility index (Phi) is 9.93. The van der Waals surface area contributed by atoms with E-state index in [1.807, 2.05) is 62.5 Å². The summed E-state index contributed by atoms with van der Waals surface area (Å²) in [4.78, 5) is 23.9. The topological polar surface area (TPSA) is 82.3 Å². The number of nitrogens with one attached hydrogen (secondary N) is 4. The Morgan fingerprint density at radius 1 is 0.963 bits per heavy atom. The van der Waals surface area contributed by atoms with Crippen LogP contribution in [0.25, 0.3) is 0 Å². The minimum absolute atomic E-state index is 0. The first kappa shape index (κ1) is 22.5. The van der Waals surface area contributed by atoms with Crippen molar-refractivity contribution in [2.24, 2.45) is 0 Å². The van der Waals surface area contributed by atoms with Crippen LogP contribution in [0.3, 0.4) is 0 Å². The maximum atomic E-state index is 12.1. The molecule has 2 rings (SSSR count). The van der Waals surface area contributed by atoms with Crippen LogP contribution < -0.4 is 21.3 Å². The first-order valence-electron chi connectivity index (χ1n) is 8.72. The van der Waals surface area contributed by atoms with Crippen LogP contribution >= 0.6 is 12.4 Å². The smallest absolute Gasteiger partial charge is 0.323 e. The molecular formula is C20H27ClN4O2. The van der Waals surface area contributed by atoms with E-state index in [-0.39, 0.29) is 24.3 Å². The van der Waals surface area contributed by atoms with Gasteiger partial charge in [0.1, 0.15) is 0 Å². The minimum atomic E-state index is -0.302. The molecule has 0 aliphatic carbocycles. The van der Waals surface area contributed by atoms with Gasteiger partial charge < -0.3 is 21.3 Å². The van der Waals surface area contributed by atoms with Gasteiger partial charge in [0.15, 0.2) is 0 Å². The molecule has 2 aromatic carbocycles.